The zero-order chi connectivity index (χ0) is 18.2. The molecular weight excluding hydrogens is 378 g/mol. The van der Waals surface area contributed by atoms with Gasteiger partial charge in [0.15, 0.2) is 5.82 Å². The van der Waals surface area contributed by atoms with Crippen molar-refractivity contribution in [3.8, 4) is 6.07 Å². The van der Waals surface area contributed by atoms with Crippen molar-refractivity contribution in [2.45, 2.75) is 17.9 Å². The van der Waals surface area contributed by atoms with Crippen molar-refractivity contribution in [3.63, 3.8) is 0 Å². The zero-order valence-electron chi connectivity index (χ0n) is 12.2. The Bertz CT molecular complexity index is 1090. The first kappa shape index (κ1) is 17.1. The zero-order valence-corrected chi connectivity index (χ0v) is 13.8. The van der Waals surface area contributed by atoms with Crippen LogP contribution in [0.5, 0.6) is 0 Å². The van der Waals surface area contributed by atoms with Crippen LogP contribution in [0.15, 0.2) is 29.6 Å². The molecule has 0 saturated carbocycles. The average Bonchev–Trinajstić information content (AvgIpc) is 3.09. The Balaban J connectivity index is 2.00. The van der Waals surface area contributed by atoms with Crippen LogP contribution in [0.4, 0.5) is 14.6 Å². The summed E-state index contributed by atoms with van der Waals surface area (Å²) in [5.74, 6) is -0.340. The number of hydrogen-bond donors (Lipinski definition) is 2. The Morgan fingerprint density at radius 2 is 2.24 bits per heavy atom. The van der Waals surface area contributed by atoms with Crippen LogP contribution < -0.4 is 4.72 Å². The summed E-state index contributed by atoms with van der Waals surface area (Å²) in [7, 11) is -4.16. The molecular formula is C13H9ClF2N6O2S. The van der Waals surface area contributed by atoms with Crippen LogP contribution in [0.3, 0.4) is 0 Å². The maximum Gasteiger partial charge on any atom is 0.265 e. The number of nitrogens with one attached hydrogen (secondary N) is 2. The van der Waals surface area contributed by atoms with Gasteiger partial charge in [-0.25, -0.2) is 22.2 Å². The fourth-order valence-electron chi connectivity index (χ4n) is 2.17. The number of hydrogen-bond acceptors (Lipinski definition) is 5. The lowest BCUT2D eigenvalue weighted by atomic mass is 10.3. The summed E-state index contributed by atoms with van der Waals surface area (Å²) in [6.07, 6.45) is 0.901. The van der Waals surface area contributed by atoms with Crippen molar-refractivity contribution in [3.05, 3.63) is 35.2 Å². The Morgan fingerprint density at radius 3 is 2.92 bits per heavy atom. The minimum Gasteiger partial charge on any atom is -0.345 e. The van der Waals surface area contributed by atoms with Crippen LogP contribution in [0.25, 0.3) is 11.0 Å². The fraction of sp³-hybridized carbons (Fsp3) is 0.154. The molecule has 3 aromatic heterocycles. The van der Waals surface area contributed by atoms with Gasteiger partial charge in [0.2, 0.25) is 0 Å². The Hall–Kier alpha value is -2.71. The van der Waals surface area contributed by atoms with Crippen molar-refractivity contribution in [1.29, 1.82) is 5.26 Å². The molecule has 0 radical (unpaired) electrons. The number of aromatic nitrogens is 4. The fourth-order valence-corrected chi connectivity index (χ4v) is 3.50. The standard InChI is InChI=1S/C13H9ClF2N6O2S/c14-8-1-9-10(4-19-13(9)18-3-8)25(23,24)21-12-7(2-17)5-22(20-12)6-11(15)16/h1,3-5,11H,6H2,(H,18,19)(H,20,21). The molecule has 2 N–H and O–H groups in total. The third kappa shape index (κ3) is 3.40. The molecule has 0 saturated heterocycles. The van der Waals surface area contributed by atoms with Gasteiger partial charge in [0.05, 0.1) is 5.02 Å². The van der Waals surface area contributed by atoms with Gasteiger partial charge in [-0.1, -0.05) is 11.6 Å². The second-order valence-electron chi connectivity index (χ2n) is 4.92. The number of sulfonamides is 1. The first-order valence-corrected chi connectivity index (χ1v) is 8.57. The number of aromatic amines is 1. The van der Waals surface area contributed by atoms with E-state index in [0.29, 0.717) is 5.65 Å². The van der Waals surface area contributed by atoms with Gasteiger partial charge in [-0.3, -0.25) is 9.40 Å². The number of alkyl halides is 2. The predicted molar refractivity (Wildman–Crippen MR) is 84.9 cm³/mol. The number of H-pyrrole nitrogens is 1. The second-order valence-corrected chi connectivity index (χ2v) is 7.01. The lowest BCUT2D eigenvalue weighted by molar-refractivity contribution is 0.122. The van der Waals surface area contributed by atoms with E-state index in [1.165, 1.54) is 18.5 Å². The average molecular weight is 387 g/mol. The maximum absolute atomic E-state index is 12.6. The van der Waals surface area contributed by atoms with Gasteiger partial charge in [0.1, 0.15) is 28.7 Å². The number of anilines is 1. The number of nitriles is 1. The molecule has 0 bridgehead atoms. The number of halogens is 3. The third-order valence-corrected chi connectivity index (χ3v) is 4.77. The molecule has 12 heteroatoms. The number of pyridine rings is 1. The van der Waals surface area contributed by atoms with E-state index in [-0.39, 0.29) is 26.7 Å². The summed E-state index contributed by atoms with van der Waals surface area (Å²) in [5, 5.41) is 13.2. The van der Waals surface area contributed by atoms with Gasteiger partial charge in [0, 0.05) is 24.0 Å². The largest absolute Gasteiger partial charge is 0.345 e. The molecule has 0 unspecified atom stereocenters. The summed E-state index contributed by atoms with van der Waals surface area (Å²) in [5.41, 5.74) is 0.119. The number of fused-ring (bicyclic) bond motifs is 1. The van der Waals surface area contributed by atoms with E-state index in [1.807, 2.05) is 0 Å². The van der Waals surface area contributed by atoms with Crippen LogP contribution in [0.1, 0.15) is 5.56 Å². The van der Waals surface area contributed by atoms with Gasteiger partial charge in [-0.15, -0.1) is 0 Å². The molecule has 0 aliphatic heterocycles. The highest BCUT2D eigenvalue weighted by Crippen LogP contribution is 2.26. The van der Waals surface area contributed by atoms with E-state index in [4.69, 9.17) is 16.9 Å². The third-order valence-electron chi connectivity index (χ3n) is 3.19. The molecule has 3 aromatic rings. The van der Waals surface area contributed by atoms with Gasteiger partial charge in [-0.05, 0) is 6.07 Å². The van der Waals surface area contributed by atoms with Crippen LogP contribution >= 0.6 is 11.6 Å². The summed E-state index contributed by atoms with van der Waals surface area (Å²) < 4.78 is 53.0. The van der Waals surface area contributed by atoms with E-state index in [2.05, 4.69) is 19.8 Å². The molecule has 0 aromatic carbocycles. The van der Waals surface area contributed by atoms with E-state index >= 15 is 0 Å². The van der Waals surface area contributed by atoms with Crippen LogP contribution in [0.2, 0.25) is 5.02 Å². The highest BCUT2D eigenvalue weighted by molar-refractivity contribution is 7.93. The molecule has 0 atom stereocenters. The summed E-state index contributed by atoms with van der Waals surface area (Å²) in [6, 6.07) is 3.12. The molecule has 8 nitrogen and oxygen atoms in total. The second kappa shape index (κ2) is 6.30. The van der Waals surface area contributed by atoms with E-state index in [1.54, 1.807) is 6.07 Å². The minimum absolute atomic E-state index is 0.162. The Labute approximate surface area is 145 Å². The topological polar surface area (TPSA) is 116 Å². The van der Waals surface area contributed by atoms with Gasteiger partial charge in [0.25, 0.3) is 16.4 Å². The molecule has 0 aliphatic carbocycles. The minimum atomic E-state index is -4.16. The van der Waals surface area contributed by atoms with Crippen molar-refractivity contribution in [2.75, 3.05) is 4.72 Å². The molecule has 0 fully saturated rings. The SMILES string of the molecule is N#Cc1cn(CC(F)F)nc1NS(=O)(=O)c1c[nH]c2ncc(Cl)cc12. The molecule has 130 valence electrons. The summed E-state index contributed by atoms with van der Waals surface area (Å²) in [4.78, 5) is 6.48. The van der Waals surface area contributed by atoms with Gasteiger partial charge < -0.3 is 4.98 Å². The van der Waals surface area contributed by atoms with Crippen LogP contribution in [-0.4, -0.2) is 34.6 Å². The lowest BCUT2D eigenvalue weighted by Crippen LogP contribution is -2.14. The molecule has 25 heavy (non-hydrogen) atoms. The van der Waals surface area contributed by atoms with Crippen LogP contribution in [0, 0.1) is 11.3 Å². The first-order chi connectivity index (χ1) is 11.8. The smallest absolute Gasteiger partial charge is 0.265 e. The molecule has 0 aliphatic rings. The van der Waals surface area contributed by atoms with Crippen molar-refractivity contribution >= 4 is 38.5 Å². The predicted octanol–water partition coefficient (Wildman–Crippen LogP) is 2.35. The summed E-state index contributed by atoms with van der Waals surface area (Å²) in [6.45, 7) is -0.761. The number of nitrogens with zero attached hydrogens (tertiary/aromatic N) is 4. The van der Waals surface area contributed by atoms with E-state index in [0.717, 1.165) is 10.9 Å². The Kier molecular flexibility index (Phi) is 4.32. The van der Waals surface area contributed by atoms with Crippen molar-refractivity contribution in [1.82, 2.24) is 19.7 Å². The molecule has 0 spiro atoms. The molecule has 3 rings (SSSR count). The normalized spacial score (nSPS) is 11.8. The van der Waals surface area contributed by atoms with E-state index in [9.17, 15) is 17.2 Å². The monoisotopic (exact) mass is 386 g/mol. The van der Waals surface area contributed by atoms with E-state index < -0.39 is 23.0 Å². The lowest BCUT2D eigenvalue weighted by Gasteiger charge is -2.05. The van der Waals surface area contributed by atoms with Crippen LogP contribution in [-0.2, 0) is 16.6 Å². The maximum atomic E-state index is 12.6. The highest BCUT2D eigenvalue weighted by atomic mass is 35.5. The quantitative estimate of drug-likeness (QED) is 0.698. The first-order valence-electron chi connectivity index (χ1n) is 6.71. The Morgan fingerprint density at radius 1 is 1.48 bits per heavy atom. The van der Waals surface area contributed by atoms with Gasteiger partial charge >= 0.3 is 0 Å². The highest BCUT2D eigenvalue weighted by Gasteiger charge is 2.23. The van der Waals surface area contributed by atoms with Gasteiger partial charge in [-0.2, -0.15) is 10.4 Å². The number of rotatable bonds is 5. The van der Waals surface area contributed by atoms with Crippen molar-refractivity contribution in [2.24, 2.45) is 0 Å². The summed E-state index contributed by atoms with van der Waals surface area (Å²) >= 11 is 5.84. The molecule has 0 amide bonds. The van der Waals surface area contributed by atoms with Crippen molar-refractivity contribution < 1.29 is 17.2 Å². The molecule has 3 heterocycles.